The Morgan fingerprint density at radius 2 is 1.75 bits per heavy atom. The number of aromatic nitrogens is 3. The van der Waals surface area contributed by atoms with Gasteiger partial charge < -0.3 is 15.6 Å². The number of fused-ring (bicyclic) bond motifs is 1. The molecule has 5 rings (SSSR count). The van der Waals surface area contributed by atoms with E-state index in [-0.39, 0.29) is 34.8 Å². The number of aromatic amines is 2. The molecule has 0 saturated heterocycles. The lowest BCUT2D eigenvalue weighted by Crippen LogP contribution is -2.15. The van der Waals surface area contributed by atoms with Crippen molar-refractivity contribution >= 4 is 34.1 Å². The lowest BCUT2D eigenvalue weighted by Gasteiger charge is -2.09. The molecule has 0 spiro atoms. The standard InChI is InChI=1S/C27H17F3N6O4/c28-27(29,30)17-7-4-14(5-8-17)11-22(37)32-20-3-1-2-16-12-21(33-23(16)20)25(38)34-19-9-6-15(13-31)10-18(19)24-35-26(39)40-36-24/h1-10,12,33H,11H2,(H,32,37)(H,34,38)(H,35,36,39). The largest absolute Gasteiger partial charge is 0.439 e. The lowest BCUT2D eigenvalue weighted by molar-refractivity contribution is -0.137. The molecule has 0 bridgehead atoms. The number of alkyl halides is 3. The van der Waals surface area contributed by atoms with E-state index in [2.05, 4.69) is 30.3 Å². The molecular weight excluding hydrogens is 529 g/mol. The summed E-state index contributed by atoms with van der Waals surface area (Å²) in [6.07, 6.45) is -4.63. The Morgan fingerprint density at radius 3 is 2.42 bits per heavy atom. The summed E-state index contributed by atoms with van der Waals surface area (Å²) in [4.78, 5) is 42.5. The van der Waals surface area contributed by atoms with Crippen LogP contribution in [0.4, 0.5) is 24.5 Å². The average Bonchev–Trinajstić information content (AvgIpc) is 3.56. The van der Waals surface area contributed by atoms with Gasteiger partial charge >= 0.3 is 11.9 Å². The lowest BCUT2D eigenvalue weighted by atomic mass is 10.1. The molecule has 5 aromatic rings. The summed E-state index contributed by atoms with van der Waals surface area (Å²) >= 11 is 0. The molecule has 0 aliphatic carbocycles. The zero-order valence-corrected chi connectivity index (χ0v) is 20.2. The zero-order valence-electron chi connectivity index (χ0n) is 20.2. The van der Waals surface area contributed by atoms with Crippen LogP contribution in [0.5, 0.6) is 0 Å². The Kier molecular flexibility index (Phi) is 6.66. The van der Waals surface area contributed by atoms with Gasteiger partial charge in [0.25, 0.3) is 5.91 Å². The highest BCUT2D eigenvalue weighted by atomic mass is 19.4. The van der Waals surface area contributed by atoms with Gasteiger partial charge in [0.15, 0.2) is 5.82 Å². The highest BCUT2D eigenvalue weighted by molar-refractivity contribution is 6.09. The predicted octanol–water partition coefficient (Wildman–Crippen LogP) is 4.84. The number of carbonyl (C=O) groups is 2. The maximum Gasteiger partial charge on any atom is 0.439 e. The second kappa shape index (κ2) is 10.3. The molecule has 0 fully saturated rings. The first-order valence-corrected chi connectivity index (χ1v) is 11.6. The van der Waals surface area contributed by atoms with Crippen LogP contribution in [0.15, 0.2) is 76.0 Å². The molecule has 0 saturated carbocycles. The van der Waals surface area contributed by atoms with Crippen LogP contribution in [0.3, 0.4) is 0 Å². The highest BCUT2D eigenvalue weighted by Crippen LogP contribution is 2.30. The topological polar surface area (TPSA) is 157 Å². The van der Waals surface area contributed by atoms with Crippen molar-refractivity contribution in [1.29, 1.82) is 5.26 Å². The van der Waals surface area contributed by atoms with Gasteiger partial charge in [0.1, 0.15) is 5.69 Å². The Bertz CT molecular complexity index is 1850. The summed E-state index contributed by atoms with van der Waals surface area (Å²) in [5.74, 6) is -1.81. The van der Waals surface area contributed by atoms with Gasteiger partial charge in [-0.1, -0.05) is 29.4 Å². The molecule has 0 unspecified atom stereocenters. The van der Waals surface area contributed by atoms with Gasteiger partial charge in [0, 0.05) is 10.9 Å². The van der Waals surface area contributed by atoms with Gasteiger partial charge in [-0.25, -0.2) is 4.79 Å². The fourth-order valence-electron chi connectivity index (χ4n) is 4.03. The minimum Gasteiger partial charge on any atom is -0.349 e. The van der Waals surface area contributed by atoms with Crippen LogP contribution >= 0.6 is 0 Å². The molecule has 2 heterocycles. The number of hydrogen-bond acceptors (Lipinski definition) is 6. The minimum atomic E-state index is -4.47. The third-order valence-corrected chi connectivity index (χ3v) is 5.91. The number of amides is 2. The Labute approximate surface area is 222 Å². The fraction of sp³-hybridized carbons (Fsp3) is 0.0741. The summed E-state index contributed by atoms with van der Waals surface area (Å²) in [7, 11) is 0. The molecule has 2 amide bonds. The van der Waals surface area contributed by atoms with Crippen LogP contribution < -0.4 is 16.4 Å². The van der Waals surface area contributed by atoms with E-state index in [1.165, 1.54) is 30.3 Å². The van der Waals surface area contributed by atoms with Crippen molar-refractivity contribution < 1.29 is 27.3 Å². The van der Waals surface area contributed by atoms with Gasteiger partial charge in [0.2, 0.25) is 5.91 Å². The van der Waals surface area contributed by atoms with Crippen molar-refractivity contribution in [1.82, 2.24) is 15.1 Å². The monoisotopic (exact) mass is 546 g/mol. The van der Waals surface area contributed by atoms with Gasteiger partial charge in [0.05, 0.1) is 40.5 Å². The molecule has 0 aliphatic rings. The van der Waals surface area contributed by atoms with E-state index in [4.69, 9.17) is 0 Å². The summed E-state index contributed by atoms with van der Waals surface area (Å²) in [6.45, 7) is 0. The summed E-state index contributed by atoms with van der Waals surface area (Å²) in [6, 6.07) is 17.3. The fourth-order valence-corrected chi connectivity index (χ4v) is 4.03. The van der Waals surface area contributed by atoms with Crippen molar-refractivity contribution in [3.05, 3.63) is 99.7 Å². The highest BCUT2D eigenvalue weighted by Gasteiger charge is 2.30. The second-order valence-corrected chi connectivity index (χ2v) is 8.64. The SMILES string of the molecule is N#Cc1ccc(NC(=O)c2cc3cccc(NC(=O)Cc4ccc(C(F)(F)F)cc4)c3[nH]2)c(-c2noc(=O)[nH]2)c1. The number of rotatable bonds is 6. The first kappa shape index (κ1) is 26.0. The Balaban J connectivity index is 1.35. The molecule has 0 aliphatic heterocycles. The van der Waals surface area contributed by atoms with E-state index in [0.717, 1.165) is 12.1 Å². The van der Waals surface area contributed by atoms with E-state index in [0.29, 0.717) is 22.2 Å². The van der Waals surface area contributed by atoms with Crippen molar-refractivity contribution in [3.8, 4) is 17.5 Å². The molecule has 200 valence electrons. The third-order valence-electron chi connectivity index (χ3n) is 5.91. The molecule has 0 radical (unpaired) electrons. The average molecular weight is 546 g/mol. The van der Waals surface area contributed by atoms with Crippen LogP contribution in [0, 0.1) is 11.3 Å². The zero-order chi connectivity index (χ0) is 28.4. The Morgan fingerprint density at radius 1 is 0.975 bits per heavy atom. The smallest absolute Gasteiger partial charge is 0.349 e. The molecule has 2 aromatic heterocycles. The van der Waals surface area contributed by atoms with Crippen molar-refractivity contribution in [3.63, 3.8) is 0 Å². The van der Waals surface area contributed by atoms with Crippen LogP contribution in [-0.2, 0) is 17.4 Å². The summed E-state index contributed by atoms with van der Waals surface area (Å²) in [5.41, 5.74) is 1.32. The number of nitriles is 1. The molecule has 13 heteroatoms. The maximum absolute atomic E-state index is 13.1. The Hall–Kier alpha value is -5.64. The molecule has 40 heavy (non-hydrogen) atoms. The van der Waals surface area contributed by atoms with Gasteiger partial charge in [-0.05, 0) is 48.0 Å². The minimum absolute atomic E-state index is 0.0205. The summed E-state index contributed by atoms with van der Waals surface area (Å²) in [5, 5.41) is 18.9. The number of benzene rings is 3. The van der Waals surface area contributed by atoms with E-state index in [1.807, 2.05) is 6.07 Å². The number of carbonyl (C=O) groups excluding carboxylic acids is 2. The van der Waals surface area contributed by atoms with E-state index in [1.54, 1.807) is 24.3 Å². The van der Waals surface area contributed by atoms with E-state index < -0.39 is 29.3 Å². The van der Waals surface area contributed by atoms with Gasteiger partial charge in [-0.2, -0.15) is 18.4 Å². The van der Waals surface area contributed by atoms with Gasteiger partial charge in [-0.3, -0.25) is 19.1 Å². The maximum atomic E-state index is 13.1. The van der Waals surface area contributed by atoms with Crippen molar-refractivity contribution in [2.45, 2.75) is 12.6 Å². The number of H-pyrrole nitrogens is 2. The predicted molar refractivity (Wildman–Crippen MR) is 137 cm³/mol. The molecule has 0 atom stereocenters. The normalized spacial score (nSPS) is 11.2. The first-order valence-electron chi connectivity index (χ1n) is 11.6. The van der Waals surface area contributed by atoms with Crippen LogP contribution in [0.25, 0.3) is 22.3 Å². The van der Waals surface area contributed by atoms with Crippen LogP contribution in [-0.4, -0.2) is 26.9 Å². The van der Waals surface area contributed by atoms with Crippen molar-refractivity contribution in [2.24, 2.45) is 0 Å². The van der Waals surface area contributed by atoms with E-state index >= 15 is 0 Å². The van der Waals surface area contributed by atoms with Gasteiger partial charge in [-0.15, -0.1) is 0 Å². The first-order chi connectivity index (χ1) is 19.1. The molecule has 10 nitrogen and oxygen atoms in total. The third kappa shape index (κ3) is 5.46. The number of nitrogens with zero attached hydrogens (tertiary/aromatic N) is 2. The number of nitrogens with one attached hydrogen (secondary N) is 4. The van der Waals surface area contributed by atoms with Crippen LogP contribution in [0.1, 0.15) is 27.2 Å². The number of halogens is 3. The second-order valence-electron chi connectivity index (χ2n) is 8.64. The number of hydrogen-bond donors (Lipinski definition) is 4. The molecule has 4 N–H and O–H groups in total. The van der Waals surface area contributed by atoms with Crippen molar-refractivity contribution in [2.75, 3.05) is 10.6 Å². The quantitative estimate of drug-likeness (QED) is 0.239. The molecule has 3 aromatic carbocycles. The van der Waals surface area contributed by atoms with E-state index in [9.17, 15) is 32.8 Å². The molecular formula is C27H17F3N6O4. The number of para-hydroxylation sites is 1. The number of anilines is 2. The van der Waals surface area contributed by atoms with Crippen LogP contribution in [0.2, 0.25) is 0 Å². The summed E-state index contributed by atoms with van der Waals surface area (Å²) < 4.78 is 42.9.